The van der Waals surface area contributed by atoms with Crippen molar-refractivity contribution in [1.82, 2.24) is 29.9 Å². The number of esters is 1. The van der Waals surface area contributed by atoms with Crippen LogP contribution < -0.4 is 10.0 Å². The number of rotatable bonds is 11. The summed E-state index contributed by atoms with van der Waals surface area (Å²) in [4.78, 5) is 31.8. The van der Waals surface area contributed by atoms with E-state index in [4.69, 9.17) is 21.3 Å². The number of amides is 1. The highest BCUT2D eigenvalue weighted by molar-refractivity contribution is 7.92. The quantitative estimate of drug-likeness (QED) is 0.0901. The molecule has 1 amide bonds. The van der Waals surface area contributed by atoms with Gasteiger partial charge < -0.3 is 15.2 Å². The van der Waals surface area contributed by atoms with Gasteiger partial charge in [0.15, 0.2) is 11.5 Å². The Balaban J connectivity index is 1.39. The van der Waals surface area contributed by atoms with Gasteiger partial charge in [-0.3, -0.25) is 18.9 Å². The molecule has 3 N–H and O–H groups in total. The van der Waals surface area contributed by atoms with E-state index in [1.165, 1.54) is 37.6 Å². The molecule has 0 radical (unpaired) electrons. The van der Waals surface area contributed by atoms with Crippen molar-refractivity contribution in [2.75, 3.05) is 17.6 Å². The third-order valence-electron chi connectivity index (χ3n) is 9.45. The number of carbonyl (C=O) groups excluding carboxylic acids is 2. The van der Waals surface area contributed by atoms with E-state index in [9.17, 15) is 31.9 Å². The van der Waals surface area contributed by atoms with Crippen LogP contribution in [0.4, 0.5) is 23.4 Å². The summed E-state index contributed by atoms with van der Waals surface area (Å²) in [7, 11) is -2.28. The van der Waals surface area contributed by atoms with Crippen molar-refractivity contribution in [3.8, 4) is 34.8 Å². The van der Waals surface area contributed by atoms with E-state index in [0.29, 0.717) is 22.7 Å². The van der Waals surface area contributed by atoms with E-state index in [2.05, 4.69) is 43.9 Å². The minimum Gasteiger partial charge on any atom is -0.461 e. The average Bonchev–Trinajstić information content (AvgIpc) is 3.67. The molecule has 19 heteroatoms. The van der Waals surface area contributed by atoms with Crippen LogP contribution in [-0.2, 0) is 45.5 Å². The lowest BCUT2D eigenvalue weighted by atomic mass is 9.84. The van der Waals surface area contributed by atoms with Crippen molar-refractivity contribution in [1.29, 1.82) is 0 Å². The molecule has 306 valence electrons. The molecule has 0 spiro atoms. The number of aryl methyl sites for hydroxylation is 1. The van der Waals surface area contributed by atoms with Crippen LogP contribution in [0.2, 0.25) is 5.02 Å². The number of aromatic nitrogens is 5. The van der Waals surface area contributed by atoms with Gasteiger partial charge in [-0.2, -0.15) is 19.0 Å². The van der Waals surface area contributed by atoms with Gasteiger partial charge in [0.2, 0.25) is 15.9 Å². The average molecular weight is 852 g/mol. The SMILES string of the molecule is CCOC(=O)c1nn(CC(=O)N[C@@H](Cc2cc(F)cc(F)c2)c2nc(C#CC(C)(C)O)ccc2-c2ccc(Cl)c3c(NS(C)(=O)=O)nn(C)c23)c2c1[C@H]1C#C[C@H]1C2(F)F. The fourth-order valence-electron chi connectivity index (χ4n) is 7.18. The Morgan fingerprint density at radius 2 is 1.80 bits per heavy atom. The first kappa shape index (κ1) is 41.2. The van der Waals surface area contributed by atoms with Crippen LogP contribution >= 0.6 is 11.6 Å². The van der Waals surface area contributed by atoms with E-state index in [0.717, 1.165) is 23.1 Å². The number of nitrogens with one attached hydrogen (secondary N) is 2. The third-order valence-corrected chi connectivity index (χ3v) is 10.3. The first-order valence-corrected chi connectivity index (χ1v) is 20.2. The maximum Gasteiger partial charge on any atom is 0.359 e. The van der Waals surface area contributed by atoms with Gasteiger partial charge in [0.1, 0.15) is 41.1 Å². The van der Waals surface area contributed by atoms with Crippen molar-refractivity contribution < 1.29 is 45.4 Å². The van der Waals surface area contributed by atoms with Crippen LogP contribution in [0.3, 0.4) is 0 Å². The summed E-state index contributed by atoms with van der Waals surface area (Å²) >= 11 is 6.61. The Morgan fingerprint density at radius 1 is 1.10 bits per heavy atom. The second-order valence-electron chi connectivity index (χ2n) is 14.6. The minimum atomic E-state index is -3.82. The third kappa shape index (κ3) is 8.08. The Bertz CT molecular complexity index is 2810. The van der Waals surface area contributed by atoms with E-state index < -0.39 is 80.9 Å². The van der Waals surface area contributed by atoms with Crippen LogP contribution in [0.15, 0.2) is 42.5 Å². The monoisotopic (exact) mass is 851 g/mol. The summed E-state index contributed by atoms with van der Waals surface area (Å²) < 4.78 is 95.0. The molecule has 0 fully saturated rings. The fraction of sp³-hybridized carbons (Fsp3) is 0.325. The highest BCUT2D eigenvalue weighted by Crippen LogP contribution is 2.56. The largest absolute Gasteiger partial charge is 0.461 e. The molecular formula is C40H34ClF4N7O6S. The normalized spacial score (nSPS) is 16.8. The number of carbonyl (C=O) groups is 2. The summed E-state index contributed by atoms with van der Waals surface area (Å²) in [5.41, 5.74) is -1.42. The van der Waals surface area contributed by atoms with Crippen LogP contribution in [0.25, 0.3) is 22.0 Å². The van der Waals surface area contributed by atoms with Crippen molar-refractivity contribution >= 4 is 50.2 Å². The molecule has 3 aromatic heterocycles. The molecule has 2 aromatic carbocycles. The summed E-state index contributed by atoms with van der Waals surface area (Å²) in [6.45, 7) is 3.53. The molecule has 2 aliphatic rings. The van der Waals surface area contributed by atoms with E-state index in [1.807, 2.05) is 0 Å². The second kappa shape index (κ2) is 15.0. The van der Waals surface area contributed by atoms with E-state index in [1.54, 1.807) is 19.2 Å². The summed E-state index contributed by atoms with van der Waals surface area (Å²) in [6.07, 6.45) is 0.628. The Morgan fingerprint density at radius 3 is 2.42 bits per heavy atom. The number of benzene rings is 2. The van der Waals surface area contributed by atoms with Crippen LogP contribution in [0.5, 0.6) is 0 Å². The predicted octanol–water partition coefficient (Wildman–Crippen LogP) is 5.36. The number of halogens is 5. The first-order valence-electron chi connectivity index (χ1n) is 18.0. The lowest BCUT2D eigenvalue weighted by molar-refractivity contribution is -0.123. The molecule has 7 rings (SSSR count). The molecule has 13 nitrogen and oxygen atoms in total. The Labute approximate surface area is 340 Å². The standard InChI is InChI=1S/C40H34ClF4N7O6S/c1-6-58-38(54)34-31-26-9-11-27(26)40(44,45)36(31)52(48-34)19-30(53)47-29(17-20-15-21(42)18-22(43)16-20)33-24(8-7-23(46-33)13-14-39(2,3)55)25-10-12-28(41)32-35(25)51(4)49-37(32)50-59(5,56)57/h7-8,10,12,15-16,18,26-27,29,55H,6,17,19H2,1-5H3,(H,47,53)(H,49,50)/t26-,27+,29-/m0/s1. The Hall–Kier alpha value is -5.95. The number of sulfonamides is 1. The van der Waals surface area contributed by atoms with Crippen molar-refractivity contribution in [2.24, 2.45) is 13.0 Å². The molecule has 3 heterocycles. The number of nitrogens with zero attached hydrogens (tertiary/aromatic N) is 5. The number of hydrogen-bond donors (Lipinski definition) is 3. The van der Waals surface area contributed by atoms with Gasteiger partial charge in [-0.15, -0.1) is 0 Å². The molecule has 5 aromatic rings. The molecular weight excluding hydrogens is 818 g/mol. The predicted molar refractivity (Wildman–Crippen MR) is 208 cm³/mol. The van der Waals surface area contributed by atoms with Gasteiger partial charge in [-0.25, -0.2) is 27.0 Å². The molecule has 0 aliphatic heterocycles. The van der Waals surface area contributed by atoms with E-state index in [-0.39, 0.29) is 51.8 Å². The number of aliphatic hydroxyl groups is 1. The number of ether oxygens (including phenoxy) is 1. The summed E-state index contributed by atoms with van der Waals surface area (Å²) in [5.74, 6) is 0.767. The second-order valence-corrected chi connectivity index (χ2v) is 16.7. The zero-order chi connectivity index (χ0) is 42.8. The molecule has 0 unspecified atom stereocenters. The van der Waals surface area contributed by atoms with Crippen LogP contribution in [-0.4, -0.2) is 68.4 Å². The Kier molecular flexibility index (Phi) is 10.5. The smallest absolute Gasteiger partial charge is 0.359 e. The van der Waals surface area contributed by atoms with Gasteiger partial charge in [0.25, 0.3) is 0 Å². The number of hydrogen-bond acceptors (Lipinski definition) is 9. The highest BCUT2D eigenvalue weighted by atomic mass is 35.5. The van der Waals surface area contributed by atoms with Crippen molar-refractivity contribution in [3.63, 3.8) is 0 Å². The molecule has 0 saturated heterocycles. The molecule has 3 atom stereocenters. The van der Waals surface area contributed by atoms with Crippen LogP contribution in [0, 0.1) is 41.2 Å². The number of anilines is 1. The van der Waals surface area contributed by atoms with Crippen molar-refractivity contribution in [3.05, 3.63) is 93.0 Å². The lowest BCUT2D eigenvalue weighted by Gasteiger charge is -2.24. The van der Waals surface area contributed by atoms with Crippen molar-refractivity contribution in [2.45, 2.75) is 57.2 Å². The molecule has 0 bridgehead atoms. The van der Waals surface area contributed by atoms with Gasteiger partial charge in [0.05, 0.1) is 46.4 Å². The zero-order valence-electron chi connectivity index (χ0n) is 31.9. The number of pyridine rings is 1. The van der Waals surface area contributed by atoms with Gasteiger partial charge in [-0.1, -0.05) is 35.4 Å². The first-order chi connectivity index (χ1) is 27.6. The van der Waals surface area contributed by atoms with E-state index >= 15 is 8.78 Å². The van der Waals surface area contributed by atoms with Gasteiger partial charge in [-0.05, 0) is 69.0 Å². The maximum atomic E-state index is 15.8. The fourth-order valence-corrected chi connectivity index (χ4v) is 7.91. The van der Waals surface area contributed by atoms with Crippen LogP contribution in [0.1, 0.15) is 71.4 Å². The minimum absolute atomic E-state index is 0.0580. The number of alkyl halides is 2. The molecule has 59 heavy (non-hydrogen) atoms. The highest BCUT2D eigenvalue weighted by Gasteiger charge is 2.61. The maximum absolute atomic E-state index is 15.8. The van der Waals surface area contributed by atoms with Gasteiger partial charge in [0, 0.05) is 29.8 Å². The molecule has 0 saturated carbocycles. The lowest BCUT2D eigenvalue weighted by Crippen LogP contribution is -2.36. The number of fused-ring (bicyclic) bond motifs is 4. The summed E-state index contributed by atoms with van der Waals surface area (Å²) in [5, 5.41) is 21.9. The topological polar surface area (TPSA) is 170 Å². The van der Waals surface area contributed by atoms with Gasteiger partial charge >= 0.3 is 11.9 Å². The summed E-state index contributed by atoms with van der Waals surface area (Å²) in [6, 6.07) is 7.67. The molecule has 2 aliphatic carbocycles. The zero-order valence-corrected chi connectivity index (χ0v) is 33.5.